The normalized spacial score (nSPS) is 24.8. The number of anilines is 1. The first-order chi connectivity index (χ1) is 9.47. The van der Waals surface area contributed by atoms with Crippen molar-refractivity contribution >= 4 is 21.7 Å². The average Bonchev–Trinajstić information content (AvgIpc) is 3.05. The number of amides is 1. The number of rotatable bonds is 3. The van der Waals surface area contributed by atoms with Crippen LogP contribution in [-0.4, -0.2) is 35.9 Å². The van der Waals surface area contributed by atoms with E-state index in [1.807, 2.05) is 4.68 Å². The van der Waals surface area contributed by atoms with Crippen molar-refractivity contribution in [3.05, 3.63) is 12.3 Å². The van der Waals surface area contributed by atoms with Gasteiger partial charge in [0.15, 0.2) is 0 Å². The molecule has 20 heavy (non-hydrogen) atoms. The van der Waals surface area contributed by atoms with Crippen molar-refractivity contribution < 1.29 is 13.2 Å². The zero-order chi connectivity index (χ0) is 14.3. The Morgan fingerprint density at radius 1 is 1.30 bits per heavy atom. The fraction of sp³-hybridized carbons (Fsp3) is 0.667. The van der Waals surface area contributed by atoms with Crippen LogP contribution in [0.2, 0.25) is 0 Å². The SMILES string of the molecule is NS(=O)(=O)C1CC(=O)N(c2ccnn2C2CCCC2)C1. The van der Waals surface area contributed by atoms with Crippen LogP contribution < -0.4 is 10.0 Å². The Kier molecular flexibility index (Phi) is 3.29. The summed E-state index contributed by atoms with van der Waals surface area (Å²) >= 11 is 0. The minimum atomic E-state index is -3.68. The summed E-state index contributed by atoms with van der Waals surface area (Å²) in [6, 6.07) is 2.07. The van der Waals surface area contributed by atoms with Gasteiger partial charge in [0.05, 0.1) is 12.2 Å². The van der Waals surface area contributed by atoms with Crippen LogP contribution in [0.15, 0.2) is 12.3 Å². The Labute approximate surface area is 117 Å². The molecule has 0 radical (unpaired) electrons. The highest BCUT2D eigenvalue weighted by Crippen LogP contribution is 2.33. The quantitative estimate of drug-likeness (QED) is 0.872. The van der Waals surface area contributed by atoms with Gasteiger partial charge in [0.2, 0.25) is 15.9 Å². The number of nitrogens with zero attached hydrogens (tertiary/aromatic N) is 3. The zero-order valence-corrected chi connectivity index (χ0v) is 11.9. The lowest BCUT2D eigenvalue weighted by Crippen LogP contribution is -2.33. The van der Waals surface area contributed by atoms with E-state index in [9.17, 15) is 13.2 Å². The van der Waals surface area contributed by atoms with E-state index in [0.717, 1.165) is 25.7 Å². The van der Waals surface area contributed by atoms with Crippen molar-refractivity contribution in [1.82, 2.24) is 9.78 Å². The van der Waals surface area contributed by atoms with Crippen molar-refractivity contribution in [1.29, 1.82) is 0 Å². The topological polar surface area (TPSA) is 98.3 Å². The van der Waals surface area contributed by atoms with E-state index in [0.29, 0.717) is 11.9 Å². The van der Waals surface area contributed by atoms with Crippen molar-refractivity contribution in [3.63, 3.8) is 0 Å². The Morgan fingerprint density at radius 3 is 2.60 bits per heavy atom. The predicted octanol–water partition coefficient (Wildman–Crippen LogP) is 0.392. The van der Waals surface area contributed by atoms with Crippen LogP contribution in [0.3, 0.4) is 0 Å². The Bertz CT molecular complexity index is 618. The number of carbonyl (C=O) groups is 1. The molecular formula is C12H18N4O3S. The lowest BCUT2D eigenvalue weighted by atomic mass is 10.2. The number of sulfonamides is 1. The third kappa shape index (κ3) is 2.33. The summed E-state index contributed by atoms with van der Waals surface area (Å²) in [4.78, 5) is 13.6. The maximum Gasteiger partial charge on any atom is 0.229 e. The molecule has 7 nitrogen and oxygen atoms in total. The second-order valence-corrected chi connectivity index (χ2v) is 7.34. The van der Waals surface area contributed by atoms with Crippen molar-refractivity contribution in [3.8, 4) is 0 Å². The van der Waals surface area contributed by atoms with Crippen LogP contribution >= 0.6 is 0 Å². The van der Waals surface area contributed by atoms with E-state index >= 15 is 0 Å². The lowest BCUT2D eigenvalue weighted by Gasteiger charge is -2.21. The van der Waals surface area contributed by atoms with Gasteiger partial charge in [-0.15, -0.1) is 0 Å². The first kappa shape index (κ1) is 13.6. The molecule has 2 heterocycles. The van der Waals surface area contributed by atoms with Crippen molar-refractivity contribution in [2.45, 2.75) is 43.4 Å². The first-order valence-electron chi connectivity index (χ1n) is 6.82. The molecule has 1 aliphatic heterocycles. The number of primary sulfonamides is 1. The molecule has 0 bridgehead atoms. The summed E-state index contributed by atoms with van der Waals surface area (Å²) in [5.74, 6) is 0.483. The summed E-state index contributed by atoms with van der Waals surface area (Å²) in [6.45, 7) is 0.121. The van der Waals surface area contributed by atoms with Crippen molar-refractivity contribution in [2.75, 3.05) is 11.4 Å². The van der Waals surface area contributed by atoms with E-state index in [1.54, 1.807) is 12.3 Å². The first-order valence-corrected chi connectivity index (χ1v) is 8.43. The lowest BCUT2D eigenvalue weighted by molar-refractivity contribution is -0.117. The number of carbonyl (C=O) groups excluding carboxylic acids is 1. The summed E-state index contributed by atoms with van der Waals surface area (Å²) < 4.78 is 24.7. The number of hydrogen-bond donors (Lipinski definition) is 1. The molecule has 1 aliphatic carbocycles. The Morgan fingerprint density at radius 2 is 2.00 bits per heavy atom. The van der Waals surface area contributed by atoms with Gasteiger partial charge in [-0.25, -0.2) is 18.2 Å². The molecule has 1 amide bonds. The maximum absolute atomic E-state index is 12.1. The molecule has 110 valence electrons. The Balaban J connectivity index is 1.87. The molecule has 0 spiro atoms. The molecule has 2 aliphatic rings. The number of hydrogen-bond acceptors (Lipinski definition) is 4. The predicted molar refractivity (Wildman–Crippen MR) is 73.6 cm³/mol. The van der Waals surface area contributed by atoms with E-state index in [2.05, 4.69) is 5.10 Å². The van der Waals surface area contributed by atoms with Crippen LogP contribution in [0, 0.1) is 0 Å². The van der Waals surface area contributed by atoms with Gasteiger partial charge in [-0.05, 0) is 12.8 Å². The molecule has 1 saturated heterocycles. The van der Waals surface area contributed by atoms with Crippen LogP contribution in [0.5, 0.6) is 0 Å². The van der Waals surface area contributed by atoms with Crippen LogP contribution in [0.4, 0.5) is 5.82 Å². The highest BCUT2D eigenvalue weighted by atomic mass is 32.2. The second kappa shape index (κ2) is 4.85. The Hall–Kier alpha value is -1.41. The van der Waals surface area contributed by atoms with E-state index in [-0.39, 0.29) is 18.9 Å². The summed E-state index contributed by atoms with van der Waals surface area (Å²) in [5, 5.41) is 8.64. The third-order valence-electron chi connectivity index (χ3n) is 4.15. The van der Waals surface area contributed by atoms with Gasteiger partial charge < -0.3 is 0 Å². The molecule has 1 aromatic heterocycles. The van der Waals surface area contributed by atoms with Crippen LogP contribution in [-0.2, 0) is 14.8 Å². The minimum absolute atomic E-state index is 0.0469. The van der Waals surface area contributed by atoms with Gasteiger partial charge in [0, 0.05) is 19.0 Å². The molecule has 3 rings (SSSR count). The molecule has 0 aromatic carbocycles. The van der Waals surface area contributed by atoms with E-state index < -0.39 is 15.3 Å². The molecular weight excluding hydrogens is 280 g/mol. The van der Waals surface area contributed by atoms with Gasteiger partial charge >= 0.3 is 0 Å². The van der Waals surface area contributed by atoms with Gasteiger partial charge in [-0.2, -0.15) is 5.10 Å². The maximum atomic E-state index is 12.1. The summed E-state index contributed by atoms with van der Waals surface area (Å²) in [6.07, 6.45) is 6.04. The fourth-order valence-corrected chi connectivity index (χ4v) is 3.80. The average molecular weight is 298 g/mol. The monoisotopic (exact) mass is 298 g/mol. The fourth-order valence-electron chi connectivity index (χ4n) is 3.07. The third-order valence-corrected chi connectivity index (χ3v) is 5.40. The molecule has 2 N–H and O–H groups in total. The van der Waals surface area contributed by atoms with E-state index in [1.165, 1.54) is 4.90 Å². The van der Waals surface area contributed by atoms with Crippen LogP contribution in [0.1, 0.15) is 38.1 Å². The summed E-state index contributed by atoms with van der Waals surface area (Å²) in [5.41, 5.74) is 0. The molecule has 1 saturated carbocycles. The molecule has 2 fully saturated rings. The largest absolute Gasteiger partial charge is 0.296 e. The van der Waals surface area contributed by atoms with E-state index in [4.69, 9.17) is 5.14 Å². The molecule has 1 unspecified atom stereocenters. The smallest absolute Gasteiger partial charge is 0.229 e. The van der Waals surface area contributed by atoms with Crippen molar-refractivity contribution in [2.24, 2.45) is 5.14 Å². The van der Waals surface area contributed by atoms with Gasteiger partial charge in [-0.3, -0.25) is 9.69 Å². The minimum Gasteiger partial charge on any atom is -0.296 e. The van der Waals surface area contributed by atoms with Gasteiger partial charge in [0.1, 0.15) is 11.1 Å². The zero-order valence-electron chi connectivity index (χ0n) is 11.1. The number of aromatic nitrogens is 2. The second-order valence-electron chi connectivity index (χ2n) is 5.49. The van der Waals surface area contributed by atoms with Gasteiger partial charge in [0.25, 0.3) is 0 Å². The van der Waals surface area contributed by atoms with Crippen LogP contribution in [0.25, 0.3) is 0 Å². The van der Waals surface area contributed by atoms with Gasteiger partial charge in [-0.1, -0.05) is 12.8 Å². The number of nitrogens with two attached hydrogens (primary N) is 1. The highest BCUT2D eigenvalue weighted by molar-refractivity contribution is 7.89. The highest BCUT2D eigenvalue weighted by Gasteiger charge is 2.39. The standard InChI is InChI=1S/C12H18N4O3S/c13-20(18,19)10-7-12(17)15(8-10)11-5-6-14-16(11)9-3-1-2-4-9/h5-6,9-10H,1-4,7-8H2,(H2,13,18,19). The molecule has 1 atom stereocenters. The molecule has 8 heteroatoms. The summed E-state index contributed by atoms with van der Waals surface area (Å²) in [7, 11) is -3.68. The molecule has 1 aromatic rings.